The highest BCUT2D eigenvalue weighted by Gasteiger charge is 2.43. The molecule has 2 aromatic carbocycles. The van der Waals surface area contributed by atoms with Gasteiger partial charge in [-0.05, 0) is 96.9 Å². The molecule has 60 heavy (non-hydrogen) atoms. The second-order valence-corrected chi connectivity index (χ2v) is 17.9. The number of aliphatic imine (C=N–C) groups is 2. The van der Waals surface area contributed by atoms with Gasteiger partial charge in [0.2, 0.25) is 31.7 Å². The van der Waals surface area contributed by atoms with Crippen molar-refractivity contribution in [3.05, 3.63) is 46.5 Å². The Hall–Kier alpha value is -5.08. The molecule has 2 aliphatic heterocycles. The fraction of sp³-hybridized carbons (Fsp3) is 0.529. The van der Waals surface area contributed by atoms with Crippen LogP contribution in [0, 0.1) is 11.8 Å². The number of nitrogens with one attached hydrogen (secondary N) is 4. The number of hydrogen-bond donors (Lipinski definition) is 6. The highest BCUT2D eigenvalue weighted by Crippen LogP contribution is 2.47. The first kappa shape index (κ1) is 43.0. The van der Waals surface area contributed by atoms with E-state index in [1.54, 1.807) is 0 Å². The van der Waals surface area contributed by atoms with Crippen LogP contribution in [0.3, 0.4) is 0 Å². The van der Waals surface area contributed by atoms with Crippen LogP contribution in [-0.2, 0) is 32.4 Å². The predicted molar refractivity (Wildman–Crippen MR) is 202 cm³/mol. The van der Waals surface area contributed by atoms with Crippen molar-refractivity contribution in [3.8, 4) is 22.8 Å². The molecule has 0 unspecified atom stereocenters. The molecule has 0 saturated heterocycles. The number of rotatable bonds is 8. The van der Waals surface area contributed by atoms with Gasteiger partial charge in [-0.25, -0.2) is 27.1 Å². The van der Waals surface area contributed by atoms with Crippen molar-refractivity contribution in [1.29, 1.82) is 0 Å². The van der Waals surface area contributed by atoms with Crippen LogP contribution in [0.1, 0.15) is 85.5 Å². The van der Waals surface area contributed by atoms with Crippen LogP contribution in [0.5, 0.6) is 0 Å². The number of halogens is 6. The number of nitrogens with two attached hydrogens (primary N) is 2. The Morgan fingerprint density at radius 3 is 1.17 bits per heavy atom. The molecule has 8 rings (SSSR count). The van der Waals surface area contributed by atoms with Crippen molar-refractivity contribution in [1.82, 2.24) is 51.9 Å². The van der Waals surface area contributed by atoms with E-state index in [4.69, 9.17) is 10.3 Å². The van der Waals surface area contributed by atoms with Gasteiger partial charge in [-0.3, -0.25) is 9.98 Å². The molecule has 0 bridgehead atoms. The van der Waals surface area contributed by atoms with Crippen LogP contribution in [0.4, 0.5) is 26.3 Å². The minimum absolute atomic E-state index is 0.167. The van der Waals surface area contributed by atoms with Crippen molar-refractivity contribution >= 4 is 31.7 Å². The van der Waals surface area contributed by atoms with Crippen molar-refractivity contribution in [3.63, 3.8) is 0 Å². The van der Waals surface area contributed by atoms with Crippen LogP contribution < -0.4 is 20.9 Å². The van der Waals surface area contributed by atoms with Crippen molar-refractivity contribution in [2.24, 2.45) is 32.1 Å². The Kier molecular flexibility index (Phi) is 12.0. The van der Waals surface area contributed by atoms with E-state index in [2.05, 4.69) is 61.9 Å². The quantitative estimate of drug-likeness (QED) is 0.139. The Morgan fingerprint density at radius 1 is 0.550 bits per heavy atom. The molecule has 4 aliphatic rings. The Bertz CT molecular complexity index is 2290. The van der Waals surface area contributed by atoms with E-state index in [9.17, 15) is 43.2 Å². The van der Waals surface area contributed by atoms with Gasteiger partial charge in [0, 0.05) is 36.1 Å². The number of H-pyrrole nitrogens is 2. The molecule has 4 heterocycles. The SMILES string of the molecule is NS(=O)(=O)c1c(C(F)(F)F)ccc(C2CCC(C3=NCCN3)CC2)c1-c1nn[nH]n1.NS(=O)(=O)c1c(C(F)(F)F)ccc(C2CCC(C3=NCCN3)CC2)c1-c1nn[nH]n1. The minimum Gasteiger partial charge on any atom is -0.372 e. The number of alkyl halides is 6. The highest BCUT2D eigenvalue weighted by atomic mass is 32.2. The summed E-state index contributed by atoms with van der Waals surface area (Å²) in [6.45, 7) is 3.11. The van der Waals surface area contributed by atoms with Gasteiger partial charge >= 0.3 is 12.4 Å². The van der Waals surface area contributed by atoms with Crippen LogP contribution in [0.15, 0.2) is 44.0 Å². The minimum atomic E-state index is -4.91. The Morgan fingerprint density at radius 2 is 0.900 bits per heavy atom. The van der Waals surface area contributed by atoms with Gasteiger partial charge in [-0.2, -0.15) is 36.8 Å². The molecule has 0 amide bonds. The van der Waals surface area contributed by atoms with Crippen molar-refractivity contribution in [2.45, 2.75) is 85.3 Å². The number of amidine groups is 2. The third-order valence-electron chi connectivity index (χ3n) is 11.2. The van der Waals surface area contributed by atoms with Crippen molar-refractivity contribution in [2.75, 3.05) is 26.2 Å². The second-order valence-electron chi connectivity index (χ2n) is 14.9. The zero-order chi connectivity index (χ0) is 43.0. The second kappa shape index (κ2) is 16.8. The topological polar surface area (TPSA) is 278 Å². The molecule has 2 saturated carbocycles. The zero-order valence-corrected chi connectivity index (χ0v) is 33.2. The number of benzene rings is 2. The Balaban J connectivity index is 0.000000181. The van der Waals surface area contributed by atoms with Crippen LogP contribution >= 0.6 is 0 Å². The normalized spacial score (nSPS) is 22.6. The first-order chi connectivity index (χ1) is 28.3. The third kappa shape index (κ3) is 9.14. The number of aromatic amines is 2. The summed E-state index contributed by atoms with van der Waals surface area (Å²) < 4.78 is 131. The molecule has 324 valence electrons. The van der Waals surface area contributed by atoms with E-state index >= 15 is 0 Å². The van der Waals surface area contributed by atoms with Gasteiger partial charge in [-0.15, -0.1) is 20.4 Å². The maximum Gasteiger partial charge on any atom is 0.417 e. The van der Waals surface area contributed by atoms with Gasteiger partial charge in [0.25, 0.3) is 0 Å². The summed E-state index contributed by atoms with van der Waals surface area (Å²) in [5.74, 6) is 1.69. The third-order valence-corrected chi connectivity index (χ3v) is 13.2. The largest absolute Gasteiger partial charge is 0.417 e. The van der Waals surface area contributed by atoms with E-state index in [-0.39, 0.29) is 46.4 Å². The smallest absolute Gasteiger partial charge is 0.372 e. The summed E-state index contributed by atoms with van der Waals surface area (Å²) in [6, 6.07) is 4.15. The standard InChI is InChI=1S/2C17H20F3N7O2S/c2*18-17(19,20)12-6-5-11(9-1-3-10(4-2-9)15-22-7-8-23-15)13(14(12)30(21,28)29)16-24-26-27-25-16/h2*5-6,9-10H,1-4,7-8H2,(H,22,23)(H2,21,28,29)(H,24,25,26,27). The number of hydrogen-bond acceptors (Lipinski definition) is 14. The van der Waals surface area contributed by atoms with Gasteiger partial charge in [-0.1, -0.05) is 12.1 Å². The van der Waals surface area contributed by atoms with Gasteiger partial charge in [0.05, 0.1) is 35.9 Å². The first-order valence-corrected chi connectivity index (χ1v) is 22.0. The van der Waals surface area contributed by atoms with Crippen LogP contribution in [0.25, 0.3) is 22.8 Å². The lowest BCUT2D eigenvalue weighted by atomic mass is 9.76. The molecule has 18 nitrogen and oxygen atoms in total. The maximum atomic E-state index is 13.6. The molecule has 2 fully saturated rings. The number of sulfonamides is 2. The highest BCUT2D eigenvalue weighted by molar-refractivity contribution is 7.89. The maximum absolute atomic E-state index is 13.6. The number of tetrazole rings is 2. The van der Waals surface area contributed by atoms with E-state index in [0.29, 0.717) is 36.8 Å². The summed E-state index contributed by atoms with van der Waals surface area (Å²) in [4.78, 5) is 6.87. The summed E-state index contributed by atoms with van der Waals surface area (Å²) in [6.07, 6.45) is -4.05. The average Bonchev–Trinajstić information content (AvgIpc) is 4.05. The molecule has 4 aromatic rings. The molecule has 2 aromatic heterocycles. The summed E-state index contributed by atoms with van der Waals surface area (Å²) in [5.41, 5.74) is -2.30. The van der Waals surface area contributed by atoms with Gasteiger partial charge in [0.1, 0.15) is 9.79 Å². The average molecular weight is 887 g/mol. The number of nitrogens with zero attached hydrogens (tertiary/aromatic N) is 8. The molecule has 0 atom stereocenters. The van der Waals surface area contributed by atoms with Gasteiger partial charge < -0.3 is 10.6 Å². The number of aromatic nitrogens is 8. The monoisotopic (exact) mass is 886 g/mol. The molecule has 0 spiro atoms. The Labute approximate surface area is 339 Å². The molecular weight excluding hydrogens is 847 g/mol. The lowest BCUT2D eigenvalue weighted by Crippen LogP contribution is -2.30. The van der Waals surface area contributed by atoms with Crippen molar-refractivity contribution < 1.29 is 43.2 Å². The van der Waals surface area contributed by atoms with E-state index < -0.39 is 53.3 Å². The molecule has 26 heteroatoms. The van der Waals surface area contributed by atoms with Crippen LogP contribution in [-0.4, -0.2) is 95.9 Å². The fourth-order valence-electron chi connectivity index (χ4n) is 8.65. The zero-order valence-electron chi connectivity index (χ0n) is 31.6. The van der Waals surface area contributed by atoms with E-state index in [0.717, 1.165) is 75.7 Å². The summed E-state index contributed by atoms with van der Waals surface area (Å²) >= 11 is 0. The van der Waals surface area contributed by atoms with Gasteiger partial charge in [0.15, 0.2) is 0 Å². The predicted octanol–water partition coefficient (Wildman–Crippen LogP) is 3.62. The summed E-state index contributed by atoms with van der Waals surface area (Å²) in [5, 5.41) is 43.1. The lowest BCUT2D eigenvalue weighted by molar-refractivity contribution is -0.140. The molecular formula is C34H40F6N14O4S2. The molecule has 2 aliphatic carbocycles. The molecule has 0 radical (unpaired) electrons. The lowest BCUT2D eigenvalue weighted by Gasteiger charge is -2.30. The summed E-state index contributed by atoms with van der Waals surface area (Å²) in [7, 11) is -9.46. The van der Waals surface area contributed by atoms with E-state index in [1.165, 1.54) is 12.1 Å². The molecule has 8 N–H and O–H groups in total. The fourth-order valence-corrected chi connectivity index (χ4v) is 10.6. The van der Waals surface area contributed by atoms with Crippen LogP contribution in [0.2, 0.25) is 0 Å². The van der Waals surface area contributed by atoms with E-state index in [1.807, 2.05) is 0 Å². The number of primary sulfonamides is 2. The first-order valence-electron chi connectivity index (χ1n) is 18.9.